The van der Waals surface area contributed by atoms with Gasteiger partial charge in [-0.15, -0.1) is 0 Å². The second kappa shape index (κ2) is 4.33. The van der Waals surface area contributed by atoms with Gasteiger partial charge in [0.05, 0.1) is 0 Å². The average Bonchev–Trinajstić information content (AvgIpc) is 2.17. The van der Waals surface area contributed by atoms with Crippen molar-refractivity contribution in [1.82, 2.24) is 0 Å². The fraction of sp³-hybridized carbons (Fsp3) is 0.400. The summed E-state index contributed by atoms with van der Waals surface area (Å²) in [5, 5.41) is 8.82. The van der Waals surface area contributed by atoms with Gasteiger partial charge in [0.25, 0.3) is 6.43 Å². The van der Waals surface area contributed by atoms with Gasteiger partial charge in [-0.05, 0) is 5.56 Å². The molecular weight excluding hydrogens is 174 g/mol. The number of aliphatic hydroxyl groups excluding tert-OH is 1. The van der Waals surface area contributed by atoms with Crippen molar-refractivity contribution in [2.45, 2.75) is 19.3 Å². The van der Waals surface area contributed by atoms with Crippen LogP contribution in [0.3, 0.4) is 0 Å². The smallest absolute Gasteiger partial charge is 0.263 e. The molecule has 1 aromatic rings. The lowest BCUT2D eigenvalue weighted by Crippen LogP contribution is -1.98. The van der Waals surface area contributed by atoms with Crippen molar-refractivity contribution in [2.24, 2.45) is 0 Å². The maximum Gasteiger partial charge on any atom is 0.263 e. The van der Waals surface area contributed by atoms with Crippen LogP contribution in [0, 0.1) is 0 Å². The molecule has 0 aliphatic carbocycles. The van der Waals surface area contributed by atoms with E-state index in [0.29, 0.717) is 0 Å². The van der Waals surface area contributed by atoms with E-state index in [9.17, 15) is 8.78 Å². The lowest BCUT2D eigenvalue weighted by molar-refractivity contribution is 0.151. The van der Waals surface area contributed by atoms with Crippen LogP contribution in [-0.2, 0) is 0 Å². The summed E-state index contributed by atoms with van der Waals surface area (Å²) in [4.78, 5) is 0. The van der Waals surface area contributed by atoms with Crippen LogP contribution < -0.4 is 0 Å². The Morgan fingerprint density at radius 2 is 1.62 bits per heavy atom. The minimum absolute atomic E-state index is 0.00622. The zero-order valence-corrected chi connectivity index (χ0v) is 7.37. The summed E-state index contributed by atoms with van der Waals surface area (Å²) in [7, 11) is 0. The molecule has 1 atom stereocenters. The Hall–Kier alpha value is -0.960. The summed E-state index contributed by atoms with van der Waals surface area (Å²) in [6.45, 7) is 1.88. The van der Waals surface area contributed by atoms with Gasteiger partial charge in [-0.2, -0.15) is 0 Å². The van der Waals surface area contributed by atoms with Gasteiger partial charge in [-0.3, -0.25) is 0 Å². The molecule has 1 rings (SSSR count). The van der Waals surface area contributed by atoms with Gasteiger partial charge < -0.3 is 5.11 Å². The molecule has 1 nitrogen and oxygen atoms in total. The minimum Gasteiger partial charge on any atom is -0.396 e. The van der Waals surface area contributed by atoms with Crippen molar-refractivity contribution >= 4 is 0 Å². The molecule has 0 saturated heterocycles. The van der Waals surface area contributed by atoms with E-state index in [1.54, 1.807) is 12.1 Å². The summed E-state index contributed by atoms with van der Waals surface area (Å²) in [6.07, 6.45) is -2.42. The largest absolute Gasteiger partial charge is 0.396 e. The summed E-state index contributed by atoms with van der Waals surface area (Å²) in [5.74, 6) is 0.00622. The fourth-order valence-corrected chi connectivity index (χ4v) is 1.08. The standard InChI is InChI=1S/C10H12F2O/c1-7(6-13)8-2-4-9(5-3-8)10(11)12/h2-5,7,10,13H,6H2,1H3. The molecule has 0 aromatic heterocycles. The average molecular weight is 186 g/mol. The molecule has 1 aromatic carbocycles. The van der Waals surface area contributed by atoms with Crippen LogP contribution in [0.5, 0.6) is 0 Å². The highest BCUT2D eigenvalue weighted by Gasteiger charge is 2.08. The Kier molecular flexibility index (Phi) is 3.37. The Labute approximate surface area is 76.0 Å². The number of alkyl halides is 2. The second-order valence-electron chi connectivity index (χ2n) is 3.05. The van der Waals surface area contributed by atoms with E-state index < -0.39 is 6.43 Å². The first-order valence-electron chi connectivity index (χ1n) is 4.14. The van der Waals surface area contributed by atoms with Crippen LogP contribution in [0.2, 0.25) is 0 Å². The van der Waals surface area contributed by atoms with Crippen molar-refractivity contribution in [3.63, 3.8) is 0 Å². The first-order chi connectivity index (χ1) is 6.15. The first kappa shape index (κ1) is 10.1. The van der Waals surface area contributed by atoms with E-state index in [4.69, 9.17) is 5.11 Å². The van der Waals surface area contributed by atoms with Crippen LogP contribution in [0.15, 0.2) is 24.3 Å². The van der Waals surface area contributed by atoms with E-state index in [-0.39, 0.29) is 18.1 Å². The zero-order chi connectivity index (χ0) is 9.84. The normalized spacial score (nSPS) is 13.3. The van der Waals surface area contributed by atoms with Crippen molar-refractivity contribution in [2.75, 3.05) is 6.61 Å². The van der Waals surface area contributed by atoms with Gasteiger partial charge in [-0.1, -0.05) is 31.2 Å². The third kappa shape index (κ3) is 2.49. The molecule has 0 bridgehead atoms. The predicted molar refractivity (Wildman–Crippen MR) is 46.9 cm³/mol. The maximum absolute atomic E-state index is 12.1. The third-order valence-corrected chi connectivity index (χ3v) is 2.03. The molecular formula is C10H12F2O. The third-order valence-electron chi connectivity index (χ3n) is 2.03. The van der Waals surface area contributed by atoms with Crippen LogP contribution in [-0.4, -0.2) is 11.7 Å². The molecule has 72 valence electrons. The maximum atomic E-state index is 12.1. The van der Waals surface area contributed by atoms with Crippen molar-refractivity contribution < 1.29 is 13.9 Å². The Bertz CT molecular complexity index is 256. The van der Waals surface area contributed by atoms with E-state index in [1.807, 2.05) is 6.92 Å². The Morgan fingerprint density at radius 1 is 1.15 bits per heavy atom. The monoisotopic (exact) mass is 186 g/mol. The molecule has 0 aliphatic rings. The Morgan fingerprint density at radius 3 is 2.00 bits per heavy atom. The first-order valence-corrected chi connectivity index (χ1v) is 4.14. The number of hydrogen-bond acceptors (Lipinski definition) is 1. The molecule has 1 N–H and O–H groups in total. The quantitative estimate of drug-likeness (QED) is 0.769. The number of halogens is 2. The highest BCUT2D eigenvalue weighted by molar-refractivity contribution is 5.25. The fourth-order valence-electron chi connectivity index (χ4n) is 1.08. The number of benzene rings is 1. The van der Waals surface area contributed by atoms with Crippen molar-refractivity contribution in [3.8, 4) is 0 Å². The molecule has 0 radical (unpaired) electrons. The number of rotatable bonds is 3. The molecule has 0 amide bonds. The van der Waals surface area contributed by atoms with Crippen LogP contribution >= 0.6 is 0 Å². The van der Waals surface area contributed by atoms with Gasteiger partial charge >= 0.3 is 0 Å². The molecule has 13 heavy (non-hydrogen) atoms. The van der Waals surface area contributed by atoms with Crippen LogP contribution in [0.25, 0.3) is 0 Å². The van der Waals surface area contributed by atoms with Crippen LogP contribution in [0.4, 0.5) is 8.78 Å². The summed E-state index contributed by atoms with van der Waals surface area (Å²) < 4.78 is 24.3. The summed E-state index contributed by atoms with van der Waals surface area (Å²) in [5.41, 5.74) is 0.904. The van der Waals surface area contributed by atoms with Gasteiger partial charge in [-0.25, -0.2) is 8.78 Å². The molecule has 0 fully saturated rings. The van der Waals surface area contributed by atoms with Gasteiger partial charge in [0, 0.05) is 18.1 Å². The van der Waals surface area contributed by atoms with Gasteiger partial charge in [0.1, 0.15) is 0 Å². The number of hydrogen-bond donors (Lipinski definition) is 1. The Balaban J connectivity index is 2.81. The highest BCUT2D eigenvalue weighted by atomic mass is 19.3. The topological polar surface area (TPSA) is 20.2 Å². The van der Waals surface area contributed by atoms with Crippen molar-refractivity contribution in [1.29, 1.82) is 0 Å². The van der Waals surface area contributed by atoms with Crippen LogP contribution in [0.1, 0.15) is 30.4 Å². The molecule has 1 unspecified atom stereocenters. The molecule has 0 saturated carbocycles. The second-order valence-corrected chi connectivity index (χ2v) is 3.05. The van der Waals surface area contributed by atoms with Gasteiger partial charge in [0.2, 0.25) is 0 Å². The molecule has 0 heterocycles. The lowest BCUT2D eigenvalue weighted by atomic mass is 10.0. The van der Waals surface area contributed by atoms with E-state index in [2.05, 4.69) is 0 Å². The zero-order valence-electron chi connectivity index (χ0n) is 7.37. The minimum atomic E-state index is -2.42. The lowest BCUT2D eigenvalue weighted by Gasteiger charge is -2.08. The summed E-state index contributed by atoms with van der Waals surface area (Å²) >= 11 is 0. The molecule has 0 aliphatic heterocycles. The van der Waals surface area contributed by atoms with Gasteiger partial charge in [0.15, 0.2) is 0 Å². The van der Waals surface area contributed by atoms with Crippen molar-refractivity contribution in [3.05, 3.63) is 35.4 Å². The SMILES string of the molecule is CC(CO)c1ccc(C(F)F)cc1. The van der Waals surface area contributed by atoms with E-state index in [1.165, 1.54) is 12.1 Å². The number of aliphatic hydroxyl groups is 1. The summed E-state index contributed by atoms with van der Waals surface area (Å²) in [6, 6.07) is 6.04. The highest BCUT2D eigenvalue weighted by Crippen LogP contribution is 2.21. The van der Waals surface area contributed by atoms with E-state index >= 15 is 0 Å². The molecule has 0 spiro atoms. The predicted octanol–water partition coefficient (Wildman–Crippen LogP) is 2.72. The van der Waals surface area contributed by atoms with E-state index in [0.717, 1.165) is 5.56 Å². The molecule has 3 heteroatoms.